The van der Waals surface area contributed by atoms with E-state index in [9.17, 15) is 14.7 Å². The number of rotatable bonds is 3. The molecular weight excluding hydrogens is 384 g/mol. The highest BCUT2D eigenvalue weighted by Crippen LogP contribution is 2.39. The van der Waals surface area contributed by atoms with Gasteiger partial charge in [0.25, 0.3) is 5.91 Å². The highest BCUT2D eigenvalue weighted by atomic mass is 32.2. The number of amides is 1. The zero-order valence-electron chi connectivity index (χ0n) is 16.7. The Hall–Kier alpha value is -2.95. The van der Waals surface area contributed by atoms with Gasteiger partial charge >= 0.3 is 5.97 Å². The van der Waals surface area contributed by atoms with Crippen LogP contribution < -0.4 is 10.6 Å². The van der Waals surface area contributed by atoms with Crippen LogP contribution in [0.3, 0.4) is 0 Å². The summed E-state index contributed by atoms with van der Waals surface area (Å²) in [6.45, 7) is 7.70. The molecule has 0 radical (unpaired) electrons. The van der Waals surface area contributed by atoms with E-state index in [1.165, 1.54) is 0 Å². The summed E-state index contributed by atoms with van der Waals surface area (Å²) in [6, 6.07) is 5.71. The Kier molecular flexibility index (Phi) is 4.77. The number of hydrogen-bond donors (Lipinski definition) is 3. The number of carboxylic acids is 1. The fourth-order valence-corrected chi connectivity index (χ4v) is 4.92. The van der Waals surface area contributed by atoms with Crippen LogP contribution in [0.4, 0.5) is 5.69 Å². The standard InChI is InChI=1S/C23H22N2O3S/c1-11-7-12(2)29-10-18(11)15-5-6-19-16(8-15)17(22(26)25-19)9-20-13(3)21(23(27)28)14(4)24-20/h5-6,8-10,13,20,24H,1-4H3,(H,25,26)(H,27,28)/b17-9-. The number of allylic oxidation sites excluding steroid dienone is 3. The molecule has 3 aliphatic heterocycles. The largest absolute Gasteiger partial charge is 0.478 e. The van der Waals surface area contributed by atoms with Gasteiger partial charge in [0, 0.05) is 38.9 Å². The van der Waals surface area contributed by atoms with Crippen molar-refractivity contribution >= 4 is 40.5 Å². The monoisotopic (exact) mass is 406 g/mol. The van der Waals surface area contributed by atoms with E-state index in [1.807, 2.05) is 45.0 Å². The number of carboxylic acid groups (broad SMARTS) is 1. The lowest BCUT2D eigenvalue weighted by molar-refractivity contribution is -0.133. The van der Waals surface area contributed by atoms with Gasteiger partial charge in [-0.1, -0.05) is 24.8 Å². The lowest BCUT2D eigenvalue weighted by Gasteiger charge is -2.15. The van der Waals surface area contributed by atoms with Crippen molar-refractivity contribution in [2.45, 2.75) is 33.7 Å². The molecule has 0 bridgehead atoms. The maximum absolute atomic E-state index is 12.6. The van der Waals surface area contributed by atoms with Crippen LogP contribution in [-0.2, 0) is 9.59 Å². The SMILES string of the molecule is CC1=C=C(C)C(c2ccc3c(c2)/C(=C/C2NC(C)=C(C(=O)O)C2C)C(=O)N3)=CS1. The Balaban J connectivity index is 1.71. The summed E-state index contributed by atoms with van der Waals surface area (Å²) in [4.78, 5) is 25.3. The van der Waals surface area contributed by atoms with Gasteiger partial charge in [-0.3, -0.25) is 4.79 Å². The van der Waals surface area contributed by atoms with Crippen LogP contribution >= 0.6 is 11.8 Å². The second-order valence-corrected chi connectivity index (χ2v) is 8.64. The third kappa shape index (κ3) is 3.35. The van der Waals surface area contributed by atoms with Crippen molar-refractivity contribution in [1.29, 1.82) is 0 Å². The molecule has 0 fully saturated rings. The zero-order chi connectivity index (χ0) is 20.9. The van der Waals surface area contributed by atoms with E-state index < -0.39 is 5.97 Å². The molecular formula is C23H22N2O3S. The van der Waals surface area contributed by atoms with E-state index >= 15 is 0 Å². The third-order valence-corrected chi connectivity index (χ3v) is 6.40. The van der Waals surface area contributed by atoms with Crippen molar-refractivity contribution in [3.8, 4) is 0 Å². The molecule has 6 heteroatoms. The molecule has 3 aliphatic rings. The van der Waals surface area contributed by atoms with Crippen LogP contribution in [0, 0.1) is 5.92 Å². The van der Waals surface area contributed by atoms with Crippen molar-refractivity contribution < 1.29 is 14.7 Å². The number of fused-ring (bicyclic) bond motifs is 1. The number of benzene rings is 1. The van der Waals surface area contributed by atoms with Crippen LogP contribution in [0.1, 0.15) is 38.8 Å². The van der Waals surface area contributed by atoms with E-state index in [0.717, 1.165) is 32.9 Å². The van der Waals surface area contributed by atoms with Gasteiger partial charge in [0.15, 0.2) is 0 Å². The Morgan fingerprint density at radius 2 is 2.03 bits per heavy atom. The fraction of sp³-hybridized carbons (Fsp3) is 0.261. The van der Waals surface area contributed by atoms with Gasteiger partial charge in [-0.05, 0) is 55.5 Å². The Labute approximate surface area is 174 Å². The Morgan fingerprint density at radius 3 is 2.69 bits per heavy atom. The highest BCUT2D eigenvalue weighted by Gasteiger charge is 2.34. The molecule has 29 heavy (non-hydrogen) atoms. The summed E-state index contributed by atoms with van der Waals surface area (Å²) in [7, 11) is 0. The van der Waals surface area contributed by atoms with Crippen LogP contribution in [0.2, 0.25) is 0 Å². The summed E-state index contributed by atoms with van der Waals surface area (Å²) in [5.41, 5.74) is 9.76. The quantitative estimate of drug-likeness (QED) is 0.508. The minimum atomic E-state index is -0.922. The molecule has 0 saturated carbocycles. The van der Waals surface area contributed by atoms with Crippen LogP contribution in [0.25, 0.3) is 11.1 Å². The van der Waals surface area contributed by atoms with Crippen molar-refractivity contribution in [2.24, 2.45) is 5.92 Å². The fourth-order valence-electron chi connectivity index (χ4n) is 4.10. The molecule has 1 aromatic carbocycles. The van der Waals surface area contributed by atoms with E-state index in [0.29, 0.717) is 16.8 Å². The Morgan fingerprint density at radius 1 is 1.28 bits per heavy atom. The number of thioether (sulfide) groups is 1. The molecule has 0 aromatic heterocycles. The second-order valence-electron chi connectivity index (χ2n) is 7.55. The Bertz CT molecular complexity index is 1120. The average molecular weight is 407 g/mol. The average Bonchev–Trinajstić information content (AvgIpc) is 3.10. The molecule has 2 unspecified atom stereocenters. The van der Waals surface area contributed by atoms with Gasteiger partial charge in [0.2, 0.25) is 0 Å². The molecule has 4 rings (SSSR count). The number of carbonyl (C=O) groups excluding carboxylic acids is 1. The molecule has 0 saturated heterocycles. The molecule has 3 N–H and O–H groups in total. The molecule has 0 spiro atoms. The molecule has 1 amide bonds. The van der Waals surface area contributed by atoms with E-state index in [2.05, 4.69) is 21.8 Å². The lowest BCUT2D eigenvalue weighted by atomic mass is 9.92. The summed E-state index contributed by atoms with van der Waals surface area (Å²) >= 11 is 1.64. The van der Waals surface area contributed by atoms with E-state index in [4.69, 9.17) is 0 Å². The summed E-state index contributed by atoms with van der Waals surface area (Å²) in [5, 5.41) is 17.7. The zero-order valence-corrected chi connectivity index (χ0v) is 17.5. The predicted octanol–water partition coefficient (Wildman–Crippen LogP) is 4.53. The van der Waals surface area contributed by atoms with Gasteiger partial charge in [0.1, 0.15) is 0 Å². The maximum Gasteiger partial charge on any atom is 0.333 e. The number of carbonyl (C=O) groups is 2. The first-order valence-electron chi connectivity index (χ1n) is 9.46. The van der Waals surface area contributed by atoms with Crippen LogP contribution in [0.15, 0.2) is 57.2 Å². The van der Waals surface area contributed by atoms with Crippen LogP contribution in [0.5, 0.6) is 0 Å². The normalized spacial score (nSPS) is 24.6. The lowest BCUT2D eigenvalue weighted by Crippen LogP contribution is -2.26. The molecule has 2 atom stereocenters. The van der Waals surface area contributed by atoms with Gasteiger partial charge in [-0.15, -0.1) is 5.73 Å². The number of anilines is 1. The third-order valence-electron chi connectivity index (χ3n) is 5.59. The van der Waals surface area contributed by atoms with Gasteiger partial charge in [-0.25, -0.2) is 4.79 Å². The van der Waals surface area contributed by atoms with Crippen molar-refractivity contribution in [3.63, 3.8) is 0 Å². The van der Waals surface area contributed by atoms with E-state index in [-0.39, 0.29) is 17.9 Å². The minimum Gasteiger partial charge on any atom is -0.478 e. The number of nitrogens with one attached hydrogen (secondary N) is 2. The van der Waals surface area contributed by atoms with Crippen molar-refractivity contribution in [3.05, 3.63) is 68.3 Å². The first-order valence-corrected chi connectivity index (χ1v) is 10.3. The van der Waals surface area contributed by atoms with E-state index in [1.54, 1.807) is 18.7 Å². The maximum atomic E-state index is 12.6. The number of aliphatic carboxylic acids is 1. The first kappa shape index (κ1) is 19.4. The molecule has 3 heterocycles. The summed E-state index contributed by atoms with van der Waals surface area (Å²) in [5.74, 6) is -1.31. The smallest absolute Gasteiger partial charge is 0.333 e. The molecule has 148 valence electrons. The van der Waals surface area contributed by atoms with Gasteiger partial charge in [0.05, 0.1) is 11.6 Å². The molecule has 1 aromatic rings. The predicted molar refractivity (Wildman–Crippen MR) is 117 cm³/mol. The van der Waals surface area contributed by atoms with Crippen molar-refractivity contribution in [1.82, 2.24) is 5.32 Å². The topological polar surface area (TPSA) is 78.4 Å². The molecule has 0 aliphatic carbocycles. The summed E-state index contributed by atoms with van der Waals surface area (Å²) < 4.78 is 0. The van der Waals surface area contributed by atoms with Gasteiger partial charge < -0.3 is 15.7 Å². The second kappa shape index (κ2) is 7.14. The minimum absolute atomic E-state index is 0.164. The number of hydrogen-bond acceptors (Lipinski definition) is 4. The van der Waals surface area contributed by atoms with Crippen molar-refractivity contribution in [2.75, 3.05) is 5.32 Å². The van der Waals surface area contributed by atoms with Gasteiger partial charge in [-0.2, -0.15) is 0 Å². The van der Waals surface area contributed by atoms with Crippen LogP contribution in [-0.4, -0.2) is 23.0 Å². The first-order chi connectivity index (χ1) is 13.8. The molecule has 5 nitrogen and oxygen atoms in total. The summed E-state index contributed by atoms with van der Waals surface area (Å²) in [6.07, 6.45) is 1.85. The highest BCUT2D eigenvalue weighted by molar-refractivity contribution is 8.06.